The van der Waals surface area contributed by atoms with Gasteiger partial charge in [-0.25, -0.2) is 13.8 Å². The number of imidazole rings is 1. The van der Waals surface area contributed by atoms with Gasteiger partial charge in [0.05, 0.1) is 22.9 Å². The van der Waals surface area contributed by atoms with Crippen molar-refractivity contribution in [3.63, 3.8) is 0 Å². The van der Waals surface area contributed by atoms with E-state index in [1.165, 1.54) is 23.4 Å². The molecule has 6 heterocycles. The van der Waals surface area contributed by atoms with Gasteiger partial charge in [0.15, 0.2) is 0 Å². The van der Waals surface area contributed by atoms with Gasteiger partial charge in [0.25, 0.3) is 0 Å². The minimum Gasteiger partial charge on any atom is -0.326 e. The first-order valence-electron chi connectivity index (χ1n) is 19.5. The van der Waals surface area contributed by atoms with Crippen LogP contribution in [0.15, 0.2) is 61.3 Å². The number of aryl methyl sites for hydroxylation is 2. The van der Waals surface area contributed by atoms with Gasteiger partial charge < -0.3 is 14.8 Å². The monoisotopic (exact) mass is 718 g/mol. The molecule has 2 saturated heterocycles. The highest BCUT2D eigenvalue weighted by Crippen LogP contribution is 2.33. The number of nitrogens with one attached hydrogen (secondary N) is 1. The highest BCUT2D eigenvalue weighted by molar-refractivity contribution is 5.83. The van der Waals surface area contributed by atoms with Crippen LogP contribution in [0.1, 0.15) is 85.9 Å². The first kappa shape index (κ1) is 35.6. The zero-order chi connectivity index (χ0) is 36.6. The van der Waals surface area contributed by atoms with Crippen LogP contribution in [0.2, 0.25) is 0 Å². The number of likely N-dealkylation sites (tertiary alicyclic amines) is 2. The standard InChI is InChI=1S/C43H52F2N8/c1-28-7-5-6-8-41-38(25-46-50(41)4)40-23-33(19-29(2)47-40)30(3)48-43-49-39-10-9-31(20-42(39)53(43)26-28)27-51-15-13-37(14-16-51)52-17-11-32(12-18-52)34-21-35(44)24-36(45)22-34/h9-10,19-25,28,32,37H,3,5-8,11-18,26-27H2,1-2,4H3,(H,48,49)/t28-/m1/s1. The molecule has 10 heteroatoms. The van der Waals surface area contributed by atoms with Gasteiger partial charge in [-0.1, -0.05) is 26.0 Å². The van der Waals surface area contributed by atoms with E-state index in [9.17, 15) is 8.78 Å². The summed E-state index contributed by atoms with van der Waals surface area (Å²) in [5, 5.41) is 8.22. The summed E-state index contributed by atoms with van der Waals surface area (Å²) >= 11 is 0. The van der Waals surface area contributed by atoms with E-state index >= 15 is 0 Å². The number of nitrogens with zero attached hydrogens (tertiary/aromatic N) is 7. The fourth-order valence-electron chi connectivity index (χ4n) is 9.01. The maximum absolute atomic E-state index is 13.8. The Morgan fingerprint density at radius 1 is 0.887 bits per heavy atom. The molecular weight excluding hydrogens is 667 g/mol. The largest absolute Gasteiger partial charge is 0.326 e. The molecule has 8 nitrogen and oxygen atoms in total. The van der Waals surface area contributed by atoms with Gasteiger partial charge in [-0.15, -0.1) is 0 Å². The molecule has 0 amide bonds. The summed E-state index contributed by atoms with van der Waals surface area (Å²) in [5.41, 5.74) is 10.3. The van der Waals surface area contributed by atoms with Crippen LogP contribution in [0, 0.1) is 24.5 Å². The van der Waals surface area contributed by atoms with Crippen molar-refractivity contribution in [1.82, 2.24) is 34.1 Å². The number of aromatic nitrogens is 5. The van der Waals surface area contributed by atoms with Gasteiger partial charge in [0, 0.05) is 60.5 Å². The van der Waals surface area contributed by atoms with Crippen LogP contribution in [0.5, 0.6) is 0 Å². The topological polar surface area (TPSA) is 67.0 Å². The average Bonchev–Trinajstić information content (AvgIpc) is 3.67. The summed E-state index contributed by atoms with van der Waals surface area (Å²) in [6.07, 6.45) is 10.5. The van der Waals surface area contributed by atoms with Gasteiger partial charge >= 0.3 is 0 Å². The number of rotatable bonds is 4. The van der Waals surface area contributed by atoms with Gasteiger partial charge in [0.1, 0.15) is 11.6 Å². The number of halogens is 2. The molecule has 2 fully saturated rings. The van der Waals surface area contributed by atoms with Crippen molar-refractivity contribution in [2.24, 2.45) is 13.0 Å². The Kier molecular flexibility index (Phi) is 10.2. The minimum atomic E-state index is -0.475. The molecule has 2 bridgehead atoms. The van der Waals surface area contributed by atoms with E-state index < -0.39 is 11.6 Å². The van der Waals surface area contributed by atoms with E-state index in [4.69, 9.17) is 9.97 Å². The molecule has 0 unspecified atom stereocenters. The maximum Gasteiger partial charge on any atom is 0.208 e. The highest BCUT2D eigenvalue weighted by atomic mass is 19.1. The number of hydrogen-bond donors (Lipinski definition) is 1. The van der Waals surface area contributed by atoms with Crippen LogP contribution in [0.4, 0.5) is 14.7 Å². The van der Waals surface area contributed by atoms with Crippen LogP contribution in [-0.2, 0) is 26.6 Å². The van der Waals surface area contributed by atoms with Crippen molar-refractivity contribution in [3.8, 4) is 11.3 Å². The van der Waals surface area contributed by atoms with Gasteiger partial charge in [-0.05, 0) is 137 Å². The third-order valence-corrected chi connectivity index (χ3v) is 11.9. The zero-order valence-electron chi connectivity index (χ0n) is 31.4. The van der Waals surface area contributed by atoms with Gasteiger partial charge in [-0.3, -0.25) is 14.6 Å². The number of benzene rings is 2. The van der Waals surface area contributed by atoms with E-state index in [1.807, 2.05) is 24.9 Å². The summed E-state index contributed by atoms with van der Waals surface area (Å²) in [6, 6.07) is 15.5. The van der Waals surface area contributed by atoms with Crippen molar-refractivity contribution < 1.29 is 8.78 Å². The Morgan fingerprint density at radius 3 is 2.43 bits per heavy atom. The first-order chi connectivity index (χ1) is 25.7. The summed E-state index contributed by atoms with van der Waals surface area (Å²) in [4.78, 5) is 15.2. The fourth-order valence-corrected chi connectivity index (χ4v) is 9.01. The highest BCUT2D eigenvalue weighted by Gasteiger charge is 2.29. The van der Waals surface area contributed by atoms with Crippen molar-refractivity contribution in [2.45, 2.75) is 90.3 Å². The lowest BCUT2D eigenvalue weighted by atomic mass is 9.88. The van der Waals surface area contributed by atoms with Crippen molar-refractivity contribution in [2.75, 3.05) is 31.5 Å². The second-order valence-corrected chi connectivity index (χ2v) is 15.9. The zero-order valence-corrected chi connectivity index (χ0v) is 31.4. The van der Waals surface area contributed by atoms with Crippen LogP contribution in [0.25, 0.3) is 28.0 Å². The second kappa shape index (κ2) is 15.1. The summed E-state index contributed by atoms with van der Waals surface area (Å²) in [5.74, 6) is 0.586. The minimum absolute atomic E-state index is 0.232. The Balaban J connectivity index is 0.959. The molecule has 1 atom stereocenters. The Labute approximate surface area is 311 Å². The van der Waals surface area contributed by atoms with Crippen LogP contribution < -0.4 is 5.32 Å². The summed E-state index contributed by atoms with van der Waals surface area (Å²) in [7, 11) is 2.03. The van der Waals surface area contributed by atoms with Crippen LogP contribution >= 0.6 is 0 Å². The van der Waals surface area contributed by atoms with E-state index in [1.54, 1.807) is 0 Å². The molecule has 0 spiro atoms. The second-order valence-electron chi connectivity index (χ2n) is 15.9. The first-order valence-corrected chi connectivity index (χ1v) is 19.5. The lowest BCUT2D eigenvalue weighted by molar-refractivity contribution is 0.0845. The summed E-state index contributed by atoms with van der Waals surface area (Å²) in [6.45, 7) is 14.8. The third-order valence-electron chi connectivity index (χ3n) is 11.9. The molecule has 53 heavy (non-hydrogen) atoms. The predicted octanol–water partition coefficient (Wildman–Crippen LogP) is 8.71. The van der Waals surface area contributed by atoms with E-state index in [0.29, 0.717) is 12.0 Å². The number of anilines is 1. The van der Waals surface area contributed by atoms with Crippen LogP contribution in [-0.4, -0.2) is 66.3 Å². The Morgan fingerprint density at radius 2 is 1.66 bits per heavy atom. The molecule has 3 aliphatic rings. The SMILES string of the molecule is C=C1Nc2nc3ccc(CN4CCC(N5CCC(c6cc(F)cc(F)c6)CC5)CC4)cc3n2C[C@H](C)CCCCc2c(cnn2C)-c2cc1cc(C)n2. The number of hydrogen-bond acceptors (Lipinski definition) is 6. The number of pyridine rings is 1. The molecule has 2 aromatic carbocycles. The molecule has 3 aliphatic heterocycles. The Bertz CT molecular complexity index is 2080. The molecule has 278 valence electrons. The van der Waals surface area contributed by atoms with Crippen LogP contribution in [0.3, 0.4) is 0 Å². The van der Waals surface area contributed by atoms with E-state index in [-0.39, 0.29) is 5.92 Å². The van der Waals surface area contributed by atoms with Gasteiger partial charge in [-0.2, -0.15) is 5.10 Å². The smallest absolute Gasteiger partial charge is 0.208 e. The van der Waals surface area contributed by atoms with Crippen molar-refractivity contribution in [1.29, 1.82) is 0 Å². The molecule has 0 radical (unpaired) electrons. The molecule has 8 rings (SSSR count). The quantitative estimate of drug-likeness (QED) is 0.201. The average molecular weight is 719 g/mol. The van der Waals surface area contributed by atoms with E-state index in [0.717, 1.165) is 147 Å². The predicted molar refractivity (Wildman–Crippen MR) is 208 cm³/mol. The molecule has 0 saturated carbocycles. The lowest BCUT2D eigenvalue weighted by Gasteiger charge is -2.42. The fraction of sp³-hybridized carbons (Fsp3) is 0.465. The molecule has 5 aromatic rings. The number of fused-ring (bicyclic) bond motifs is 7. The molecule has 1 N–H and O–H groups in total. The Hall–Kier alpha value is -4.41. The molecule has 0 aliphatic carbocycles. The number of piperidine rings is 2. The van der Waals surface area contributed by atoms with Crippen molar-refractivity contribution >= 4 is 22.7 Å². The maximum atomic E-state index is 13.8. The third kappa shape index (κ3) is 7.80. The summed E-state index contributed by atoms with van der Waals surface area (Å²) < 4.78 is 32.0. The van der Waals surface area contributed by atoms with Gasteiger partial charge in [0.2, 0.25) is 5.95 Å². The molecular formula is C43H52F2N8. The van der Waals surface area contributed by atoms with E-state index in [2.05, 4.69) is 68.6 Å². The lowest BCUT2D eigenvalue weighted by Crippen LogP contribution is -2.47. The molecule has 3 aromatic heterocycles. The normalized spacial score (nSPS) is 20.1. The van der Waals surface area contributed by atoms with Crippen molar-refractivity contribution in [3.05, 3.63) is 101 Å².